The predicted molar refractivity (Wildman–Crippen MR) is 98.5 cm³/mol. The Morgan fingerprint density at radius 3 is 2.26 bits per heavy atom. The molecule has 8 nitrogen and oxygen atoms in total. The summed E-state index contributed by atoms with van der Waals surface area (Å²) in [6, 6.07) is 6.66. The molecule has 0 bridgehead atoms. The number of anilines is 1. The molecule has 1 aromatic carbocycles. The van der Waals surface area contributed by atoms with Crippen molar-refractivity contribution in [3.8, 4) is 5.75 Å². The Morgan fingerprint density at radius 2 is 1.74 bits per heavy atom. The first-order valence-electron chi connectivity index (χ1n) is 8.68. The first kappa shape index (κ1) is 20.5. The molecule has 8 heteroatoms. The summed E-state index contributed by atoms with van der Waals surface area (Å²) in [4.78, 5) is 39.5. The van der Waals surface area contributed by atoms with Crippen molar-refractivity contribution in [3.05, 3.63) is 24.3 Å². The van der Waals surface area contributed by atoms with Crippen LogP contribution in [0.4, 0.5) is 10.5 Å². The highest BCUT2D eigenvalue weighted by Crippen LogP contribution is 2.34. The predicted octanol–water partition coefficient (Wildman–Crippen LogP) is 2.58. The van der Waals surface area contributed by atoms with Gasteiger partial charge in [-0.05, 0) is 57.9 Å². The van der Waals surface area contributed by atoms with Crippen LogP contribution in [0.15, 0.2) is 24.3 Å². The summed E-state index contributed by atoms with van der Waals surface area (Å²) in [5.41, 5.74) is -2.05. The molecule has 1 aliphatic heterocycles. The molecule has 1 atom stereocenters. The highest BCUT2D eigenvalue weighted by atomic mass is 16.6. The van der Waals surface area contributed by atoms with Crippen LogP contribution in [0.2, 0.25) is 0 Å². The number of methoxy groups -OCH3 is 2. The molecule has 0 aromatic heterocycles. The van der Waals surface area contributed by atoms with Crippen molar-refractivity contribution in [1.82, 2.24) is 4.90 Å². The molecule has 1 heterocycles. The van der Waals surface area contributed by atoms with Crippen molar-refractivity contribution < 1.29 is 28.6 Å². The maximum absolute atomic E-state index is 13.1. The molecule has 1 fully saturated rings. The molecule has 0 radical (unpaired) electrons. The quantitative estimate of drug-likeness (QED) is 0.639. The van der Waals surface area contributed by atoms with Crippen LogP contribution in [0.25, 0.3) is 0 Å². The van der Waals surface area contributed by atoms with E-state index in [-0.39, 0.29) is 13.0 Å². The fourth-order valence-corrected chi connectivity index (χ4v) is 3.00. The summed E-state index contributed by atoms with van der Waals surface area (Å²) in [7, 11) is 2.73. The summed E-state index contributed by atoms with van der Waals surface area (Å²) in [5, 5.41) is 2.69. The molecule has 2 rings (SSSR count). The molecule has 1 aliphatic rings. The molecule has 1 unspecified atom stereocenters. The Kier molecular flexibility index (Phi) is 5.98. The number of ether oxygens (including phenoxy) is 3. The molecule has 27 heavy (non-hydrogen) atoms. The van der Waals surface area contributed by atoms with Crippen LogP contribution in [-0.4, -0.2) is 54.8 Å². The van der Waals surface area contributed by atoms with Gasteiger partial charge in [0.05, 0.1) is 14.2 Å². The fourth-order valence-electron chi connectivity index (χ4n) is 3.00. The van der Waals surface area contributed by atoms with Gasteiger partial charge in [0.2, 0.25) is 5.54 Å². The number of benzene rings is 1. The van der Waals surface area contributed by atoms with Gasteiger partial charge in [0.15, 0.2) is 0 Å². The molecule has 148 valence electrons. The lowest BCUT2D eigenvalue weighted by molar-refractivity contribution is -0.157. The van der Waals surface area contributed by atoms with E-state index in [9.17, 15) is 14.4 Å². The maximum Gasteiger partial charge on any atom is 0.411 e. The van der Waals surface area contributed by atoms with Gasteiger partial charge in [-0.25, -0.2) is 9.59 Å². The number of nitrogens with zero attached hydrogens (tertiary/aromatic N) is 1. The second kappa shape index (κ2) is 7.85. The lowest BCUT2D eigenvalue weighted by Crippen LogP contribution is -2.61. The number of likely N-dealkylation sites (tertiary alicyclic amines) is 1. The van der Waals surface area contributed by atoms with Crippen molar-refractivity contribution in [2.45, 2.75) is 44.8 Å². The van der Waals surface area contributed by atoms with E-state index in [0.717, 1.165) is 4.90 Å². The smallest absolute Gasteiger partial charge is 0.411 e. The summed E-state index contributed by atoms with van der Waals surface area (Å²) < 4.78 is 15.3. The van der Waals surface area contributed by atoms with Gasteiger partial charge >= 0.3 is 12.1 Å². The largest absolute Gasteiger partial charge is 0.497 e. The molecule has 1 N–H and O–H groups in total. The number of nitrogens with one attached hydrogen (secondary N) is 1. The van der Waals surface area contributed by atoms with E-state index in [0.29, 0.717) is 17.9 Å². The Balaban J connectivity index is 2.32. The molecular formula is C19H26N2O6. The van der Waals surface area contributed by atoms with Gasteiger partial charge in [-0.2, -0.15) is 0 Å². The fraction of sp³-hybridized carbons (Fsp3) is 0.526. The van der Waals surface area contributed by atoms with Gasteiger partial charge in [-0.1, -0.05) is 0 Å². The summed E-state index contributed by atoms with van der Waals surface area (Å²) in [6.45, 7) is 5.38. The van der Waals surface area contributed by atoms with Crippen molar-refractivity contribution >= 4 is 23.7 Å². The van der Waals surface area contributed by atoms with E-state index in [2.05, 4.69) is 5.32 Å². The third-order valence-corrected chi connectivity index (χ3v) is 4.24. The molecule has 1 saturated heterocycles. The number of amides is 2. The van der Waals surface area contributed by atoms with Gasteiger partial charge in [-0.15, -0.1) is 0 Å². The highest BCUT2D eigenvalue weighted by Gasteiger charge is 2.57. The molecular weight excluding hydrogens is 352 g/mol. The monoisotopic (exact) mass is 378 g/mol. The third-order valence-electron chi connectivity index (χ3n) is 4.24. The topological polar surface area (TPSA) is 94.2 Å². The van der Waals surface area contributed by atoms with Gasteiger partial charge in [0.1, 0.15) is 11.4 Å². The number of hydrogen-bond donors (Lipinski definition) is 1. The second-order valence-electron chi connectivity index (χ2n) is 7.27. The summed E-state index contributed by atoms with van der Waals surface area (Å²) in [5.74, 6) is -0.799. The summed E-state index contributed by atoms with van der Waals surface area (Å²) in [6.07, 6.45) is -0.0964. The van der Waals surface area contributed by atoms with E-state index < -0.39 is 29.1 Å². The number of esters is 1. The number of carbonyl (C=O) groups excluding carboxylic acids is 3. The van der Waals surface area contributed by atoms with Crippen LogP contribution < -0.4 is 10.1 Å². The highest BCUT2D eigenvalue weighted by molar-refractivity contribution is 6.15. The van der Waals surface area contributed by atoms with Crippen molar-refractivity contribution in [2.24, 2.45) is 0 Å². The lowest BCUT2D eigenvalue weighted by atomic mass is 9.94. The van der Waals surface area contributed by atoms with E-state index in [1.54, 1.807) is 45.0 Å². The Hall–Kier alpha value is -2.77. The van der Waals surface area contributed by atoms with Crippen molar-refractivity contribution in [1.29, 1.82) is 0 Å². The minimum atomic E-state index is -1.77. The first-order valence-corrected chi connectivity index (χ1v) is 8.68. The average Bonchev–Trinajstić information content (AvgIpc) is 3.06. The van der Waals surface area contributed by atoms with Gasteiger partial charge in [0, 0.05) is 12.2 Å². The van der Waals surface area contributed by atoms with E-state index in [1.165, 1.54) is 14.2 Å². The molecule has 0 saturated carbocycles. The number of rotatable bonds is 4. The van der Waals surface area contributed by atoms with Crippen LogP contribution in [0, 0.1) is 0 Å². The molecule has 1 aromatic rings. The lowest BCUT2D eigenvalue weighted by Gasteiger charge is -2.35. The number of hydrogen-bond acceptors (Lipinski definition) is 6. The zero-order chi connectivity index (χ0) is 20.2. The first-order chi connectivity index (χ1) is 12.6. The van der Waals surface area contributed by atoms with Crippen molar-refractivity contribution in [2.75, 3.05) is 26.1 Å². The molecule has 0 aliphatic carbocycles. The second-order valence-corrected chi connectivity index (χ2v) is 7.27. The maximum atomic E-state index is 13.1. The van der Waals surface area contributed by atoms with Crippen LogP contribution >= 0.6 is 0 Å². The normalized spacial score (nSPS) is 19.4. The zero-order valence-corrected chi connectivity index (χ0v) is 16.3. The Morgan fingerprint density at radius 1 is 1.11 bits per heavy atom. The van der Waals surface area contributed by atoms with Gasteiger partial charge in [0.25, 0.3) is 5.91 Å². The van der Waals surface area contributed by atoms with Crippen molar-refractivity contribution in [3.63, 3.8) is 0 Å². The standard InChI is InChI=1S/C19H26N2O6/c1-18(2,3)27-17(24)21-12-6-11-19(21,16(23)26-5)15(22)20-13-7-9-14(25-4)10-8-13/h7-10H,6,11-12H2,1-5H3,(H,20,22). The van der Waals surface area contributed by atoms with Crippen LogP contribution in [0.5, 0.6) is 5.75 Å². The van der Waals surface area contributed by atoms with Crippen LogP contribution in [-0.2, 0) is 19.1 Å². The van der Waals surface area contributed by atoms with E-state index >= 15 is 0 Å². The Bertz CT molecular complexity index is 710. The average molecular weight is 378 g/mol. The SMILES string of the molecule is COC(=O)C1(C(=O)Nc2ccc(OC)cc2)CCCN1C(=O)OC(C)(C)C. The zero-order valence-electron chi connectivity index (χ0n) is 16.3. The minimum Gasteiger partial charge on any atom is -0.497 e. The van der Waals surface area contributed by atoms with Gasteiger partial charge in [-0.3, -0.25) is 9.69 Å². The number of carbonyl (C=O) groups is 3. The minimum absolute atomic E-state index is 0.154. The van der Waals surface area contributed by atoms with Gasteiger partial charge < -0.3 is 19.5 Å². The van der Waals surface area contributed by atoms with E-state index in [1.807, 2.05) is 0 Å². The van der Waals surface area contributed by atoms with E-state index in [4.69, 9.17) is 14.2 Å². The molecule has 2 amide bonds. The van der Waals surface area contributed by atoms with Crippen LogP contribution in [0.1, 0.15) is 33.6 Å². The summed E-state index contributed by atoms with van der Waals surface area (Å²) >= 11 is 0. The Labute approximate surface area is 158 Å². The van der Waals surface area contributed by atoms with Crippen LogP contribution in [0.3, 0.4) is 0 Å². The molecule has 0 spiro atoms. The third kappa shape index (κ3) is 4.32.